The summed E-state index contributed by atoms with van der Waals surface area (Å²) < 4.78 is 7.29. The zero-order valence-electron chi connectivity index (χ0n) is 22.3. The molecule has 1 aromatic carbocycles. The number of hydrogen-bond acceptors (Lipinski definition) is 6. The quantitative estimate of drug-likeness (QED) is 0.220. The lowest BCUT2D eigenvalue weighted by Crippen LogP contribution is -2.34. The average molecular weight is 620 g/mol. The predicted octanol–water partition coefficient (Wildman–Crippen LogP) is 6.86. The summed E-state index contributed by atoms with van der Waals surface area (Å²) in [7, 11) is 0. The Kier molecular flexibility index (Phi) is 7.75. The van der Waals surface area contributed by atoms with Crippen LogP contribution in [0.15, 0.2) is 75.7 Å². The Morgan fingerprint density at radius 3 is 2.80 bits per heavy atom. The van der Waals surface area contributed by atoms with Gasteiger partial charge in [0.05, 0.1) is 36.8 Å². The molecular weight excluding hydrogens is 588 g/mol. The van der Waals surface area contributed by atoms with Gasteiger partial charge in [-0.25, -0.2) is 0 Å². The van der Waals surface area contributed by atoms with Gasteiger partial charge >= 0.3 is 0 Å². The highest BCUT2D eigenvalue weighted by Crippen LogP contribution is 2.51. The second-order valence-corrected chi connectivity index (χ2v) is 12.6. The molecule has 2 amide bonds. The Bertz CT molecular complexity index is 1480. The van der Waals surface area contributed by atoms with Crippen LogP contribution in [0.2, 0.25) is 0 Å². The van der Waals surface area contributed by atoms with Crippen molar-refractivity contribution in [2.45, 2.75) is 45.3 Å². The van der Waals surface area contributed by atoms with E-state index in [-0.39, 0.29) is 41.4 Å². The minimum atomic E-state index is -0.341. The van der Waals surface area contributed by atoms with E-state index in [2.05, 4.69) is 27.8 Å². The number of carbonyl (C=O) groups is 2. The van der Waals surface area contributed by atoms with Crippen molar-refractivity contribution < 1.29 is 19.4 Å². The Morgan fingerprint density at radius 2 is 2.05 bits per heavy atom. The molecule has 4 atom stereocenters. The molecule has 2 aliphatic heterocycles. The first-order valence-corrected chi connectivity index (χ1v) is 15.4. The van der Waals surface area contributed by atoms with Crippen molar-refractivity contribution in [2.24, 2.45) is 17.8 Å². The molecule has 3 aliphatic rings. The van der Waals surface area contributed by atoms with Gasteiger partial charge in [0.15, 0.2) is 0 Å². The number of pyridine rings is 1. The third kappa shape index (κ3) is 5.08. The number of hydrogen-bond donors (Lipinski definition) is 1. The third-order valence-electron chi connectivity index (χ3n) is 8.41. The molecule has 0 spiro atoms. The van der Waals surface area contributed by atoms with Gasteiger partial charge in [-0.1, -0.05) is 40.6 Å². The Balaban J connectivity index is 1.26. The summed E-state index contributed by atoms with van der Waals surface area (Å²) in [5.74, 6) is -0.566. The van der Waals surface area contributed by atoms with Crippen LogP contribution >= 0.6 is 27.3 Å². The highest BCUT2D eigenvalue weighted by molar-refractivity contribution is 9.10. The molecule has 0 radical (unpaired) electrons. The van der Waals surface area contributed by atoms with Crippen LogP contribution in [0.3, 0.4) is 0 Å². The fourth-order valence-corrected chi connectivity index (χ4v) is 7.60. The molecule has 0 bridgehead atoms. The van der Waals surface area contributed by atoms with Crippen molar-refractivity contribution in [3.05, 3.63) is 91.9 Å². The molecule has 8 heteroatoms. The van der Waals surface area contributed by atoms with Gasteiger partial charge in [-0.2, -0.15) is 0 Å². The molecule has 2 fully saturated rings. The van der Waals surface area contributed by atoms with E-state index in [4.69, 9.17) is 4.74 Å². The highest BCUT2D eigenvalue weighted by atomic mass is 79.9. The van der Waals surface area contributed by atoms with E-state index in [0.717, 1.165) is 39.0 Å². The van der Waals surface area contributed by atoms with Crippen molar-refractivity contribution in [2.75, 3.05) is 6.61 Å². The largest absolute Gasteiger partial charge is 0.507 e. The van der Waals surface area contributed by atoms with Crippen LogP contribution in [-0.4, -0.2) is 39.5 Å². The van der Waals surface area contributed by atoms with Gasteiger partial charge in [-0.05, 0) is 84.7 Å². The van der Waals surface area contributed by atoms with E-state index in [9.17, 15) is 14.7 Å². The lowest BCUT2D eigenvalue weighted by atomic mass is 9.69. The summed E-state index contributed by atoms with van der Waals surface area (Å²) >= 11 is 5.08. The number of allylic oxidation sites excluding steroid dienone is 2. The zero-order chi connectivity index (χ0) is 27.8. The number of fused-ring (bicyclic) bond motifs is 3. The number of phenols is 1. The number of likely N-dealkylation sites (tertiary alicyclic amines) is 1. The van der Waals surface area contributed by atoms with Gasteiger partial charge in [-0.3, -0.25) is 19.5 Å². The van der Waals surface area contributed by atoms with Crippen molar-refractivity contribution in [3.63, 3.8) is 0 Å². The number of phenolic OH excluding ortho intramolecular Hbond substituents is 1. The second kappa shape index (κ2) is 11.4. The normalized spacial score (nSPS) is 24.6. The third-order valence-corrected chi connectivity index (χ3v) is 9.76. The first kappa shape index (κ1) is 27.1. The number of amides is 2. The molecule has 2 aromatic heterocycles. The highest BCUT2D eigenvalue weighted by Gasteiger charge is 2.56. The monoisotopic (exact) mass is 618 g/mol. The minimum Gasteiger partial charge on any atom is -0.507 e. The first-order valence-electron chi connectivity index (χ1n) is 13.8. The van der Waals surface area contributed by atoms with Crippen LogP contribution in [0.25, 0.3) is 11.6 Å². The van der Waals surface area contributed by atoms with Crippen LogP contribution in [0, 0.1) is 17.8 Å². The van der Waals surface area contributed by atoms with E-state index in [0.29, 0.717) is 26.0 Å². The second-order valence-electron chi connectivity index (χ2n) is 10.6. The number of nitrogens with zero attached hydrogens (tertiary/aromatic N) is 2. The summed E-state index contributed by atoms with van der Waals surface area (Å²) in [4.78, 5) is 34.1. The van der Waals surface area contributed by atoms with Gasteiger partial charge in [0, 0.05) is 27.0 Å². The molecule has 4 heterocycles. The molecule has 1 N–H and O–H groups in total. The van der Waals surface area contributed by atoms with Crippen molar-refractivity contribution in [3.8, 4) is 5.75 Å². The van der Waals surface area contributed by atoms with Crippen molar-refractivity contribution in [1.29, 1.82) is 0 Å². The van der Waals surface area contributed by atoms with E-state index in [1.165, 1.54) is 16.0 Å². The average Bonchev–Trinajstić information content (AvgIpc) is 3.69. The molecule has 3 aromatic rings. The molecule has 6 nitrogen and oxygen atoms in total. The van der Waals surface area contributed by atoms with Crippen LogP contribution in [-0.2, 0) is 20.9 Å². The SMILES string of the molecule is CCC1=C2[C@@H](CC/C(=C/c3cc(Br)ccc3O)c3ccccn3)OC[C@@H]2[C@@H]2C(=O)N(Cc3cccs3)C(=O)[C@@H]2C1. The summed E-state index contributed by atoms with van der Waals surface area (Å²) in [5, 5.41) is 12.5. The number of benzene rings is 1. The van der Waals surface area contributed by atoms with Crippen LogP contribution in [0.5, 0.6) is 5.75 Å². The predicted molar refractivity (Wildman–Crippen MR) is 159 cm³/mol. The molecule has 0 saturated carbocycles. The zero-order valence-corrected chi connectivity index (χ0v) is 24.7. The molecule has 6 rings (SSSR count). The summed E-state index contributed by atoms with van der Waals surface area (Å²) in [6, 6.07) is 15.1. The summed E-state index contributed by atoms with van der Waals surface area (Å²) in [6.07, 6.45) is 6.54. The standard InChI is InChI=1S/C32H31BrN2O4S/c1-2-19-16-24-30(32(38)35(31(24)37)17-23-6-5-13-40-23)25-18-39-28(29(19)25)11-8-20(26-7-3-4-12-34-26)14-21-15-22(33)9-10-27(21)36/h3-7,9-10,12-15,24-25,28,30,36H,2,8,11,16-18H2,1H3/b20-14-/t24-,25+,28-,30-/m1/s1. The number of thiophene rings is 1. The Morgan fingerprint density at radius 1 is 1.18 bits per heavy atom. The number of aromatic nitrogens is 1. The molecule has 0 unspecified atom stereocenters. The topological polar surface area (TPSA) is 79.7 Å². The molecule has 2 saturated heterocycles. The number of ether oxygens (including phenoxy) is 1. The van der Waals surface area contributed by atoms with Gasteiger partial charge in [0.25, 0.3) is 0 Å². The van der Waals surface area contributed by atoms with Gasteiger partial charge in [0.1, 0.15) is 5.75 Å². The fourth-order valence-electron chi connectivity index (χ4n) is 6.53. The smallest absolute Gasteiger partial charge is 0.234 e. The lowest BCUT2D eigenvalue weighted by Gasteiger charge is -2.31. The molecule has 1 aliphatic carbocycles. The maximum absolute atomic E-state index is 13.6. The van der Waals surface area contributed by atoms with Crippen molar-refractivity contribution in [1.82, 2.24) is 9.88 Å². The van der Waals surface area contributed by atoms with E-state index in [1.807, 2.05) is 53.9 Å². The number of halogens is 1. The van der Waals surface area contributed by atoms with Gasteiger partial charge < -0.3 is 9.84 Å². The van der Waals surface area contributed by atoms with Crippen LogP contribution in [0.4, 0.5) is 0 Å². The van der Waals surface area contributed by atoms with Crippen LogP contribution < -0.4 is 0 Å². The number of rotatable bonds is 8. The van der Waals surface area contributed by atoms with Gasteiger partial charge in [-0.15, -0.1) is 11.3 Å². The molecule has 40 heavy (non-hydrogen) atoms. The number of carbonyl (C=O) groups excluding carboxylic acids is 2. The fraction of sp³-hybridized carbons (Fsp3) is 0.344. The summed E-state index contributed by atoms with van der Waals surface area (Å²) in [6.45, 7) is 2.96. The number of aromatic hydroxyl groups is 1. The molecule has 206 valence electrons. The van der Waals surface area contributed by atoms with E-state index >= 15 is 0 Å². The first-order chi connectivity index (χ1) is 19.4. The van der Waals surface area contributed by atoms with E-state index < -0.39 is 0 Å². The Hall–Kier alpha value is -3.07. The summed E-state index contributed by atoms with van der Waals surface area (Å²) in [5.41, 5.74) is 5.07. The minimum absolute atomic E-state index is 0.0361. The number of imide groups is 1. The van der Waals surface area contributed by atoms with E-state index in [1.54, 1.807) is 23.6 Å². The maximum Gasteiger partial charge on any atom is 0.234 e. The van der Waals surface area contributed by atoms with Crippen LogP contribution in [0.1, 0.15) is 48.7 Å². The van der Waals surface area contributed by atoms with Crippen molar-refractivity contribution >= 4 is 50.7 Å². The van der Waals surface area contributed by atoms with Gasteiger partial charge in [0.2, 0.25) is 11.8 Å². The lowest BCUT2D eigenvalue weighted by molar-refractivity contribution is -0.140. The Labute approximate surface area is 246 Å². The maximum atomic E-state index is 13.6. The molecular formula is C32H31BrN2O4S.